The van der Waals surface area contributed by atoms with Gasteiger partial charge in [-0.05, 0) is 18.5 Å². The summed E-state index contributed by atoms with van der Waals surface area (Å²) in [5.74, 6) is 1.46. The second-order valence-corrected chi connectivity index (χ2v) is 4.01. The Bertz CT molecular complexity index is 459. The van der Waals surface area contributed by atoms with Gasteiger partial charge in [0.2, 0.25) is 0 Å². The van der Waals surface area contributed by atoms with E-state index in [1.165, 1.54) is 11.5 Å². The van der Waals surface area contributed by atoms with Crippen LogP contribution in [0.1, 0.15) is 11.4 Å². The molecule has 0 radical (unpaired) electrons. The summed E-state index contributed by atoms with van der Waals surface area (Å²) in [4.78, 5) is 0. The SMILES string of the molecule is Cc1c(N)nsc1NCc1nncn1C. The average Bonchev–Trinajstić information content (AvgIpc) is 2.74. The van der Waals surface area contributed by atoms with Crippen LogP contribution in [0.5, 0.6) is 0 Å². The van der Waals surface area contributed by atoms with Gasteiger partial charge in [-0.2, -0.15) is 4.37 Å². The van der Waals surface area contributed by atoms with Gasteiger partial charge in [0.15, 0.2) is 5.82 Å². The van der Waals surface area contributed by atoms with Crippen LogP contribution in [-0.4, -0.2) is 19.1 Å². The van der Waals surface area contributed by atoms with Crippen molar-refractivity contribution < 1.29 is 0 Å². The summed E-state index contributed by atoms with van der Waals surface area (Å²) < 4.78 is 5.92. The van der Waals surface area contributed by atoms with Crippen molar-refractivity contribution in [1.29, 1.82) is 0 Å². The molecule has 80 valence electrons. The molecule has 0 saturated heterocycles. The Labute approximate surface area is 91.3 Å². The van der Waals surface area contributed by atoms with Crippen LogP contribution in [0.25, 0.3) is 0 Å². The number of nitrogens with one attached hydrogen (secondary N) is 1. The van der Waals surface area contributed by atoms with Gasteiger partial charge >= 0.3 is 0 Å². The van der Waals surface area contributed by atoms with E-state index >= 15 is 0 Å². The monoisotopic (exact) mass is 224 g/mol. The van der Waals surface area contributed by atoms with E-state index < -0.39 is 0 Å². The lowest BCUT2D eigenvalue weighted by Gasteiger charge is -2.03. The fraction of sp³-hybridized carbons (Fsp3) is 0.375. The highest BCUT2D eigenvalue weighted by atomic mass is 32.1. The van der Waals surface area contributed by atoms with Gasteiger partial charge in [0.25, 0.3) is 0 Å². The summed E-state index contributed by atoms with van der Waals surface area (Å²) >= 11 is 1.36. The Kier molecular flexibility index (Phi) is 2.55. The number of anilines is 2. The van der Waals surface area contributed by atoms with Crippen LogP contribution in [0.15, 0.2) is 6.33 Å². The van der Waals surface area contributed by atoms with Crippen molar-refractivity contribution >= 4 is 22.4 Å². The molecule has 0 spiro atoms. The van der Waals surface area contributed by atoms with Crippen molar-refractivity contribution in [2.24, 2.45) is 7.05 Å². The molecule has 7 heteroatoms. The molecule has 0 aliphatic carbocycles. The smallest absolute Gasteiger partial charge is 0.151 e. The highest BCUT2D eigenvalue weighted by molar-refractivity contribution is 7.10. The Morgan fingerprint density at radius 2 is 2.40 bits per heavy atom. The van der Waals surface area contributed by atoms with Crippen molar-refractivity contribution in [3.8, 4) is 0 Å². The van der Waals surface area contributed by atoms with Gasteiger partial charge in [-0.15, -0.1) is 10.2 Å². The van der Waals surface area contributed by atoms with E-state index in [2.05, 4.69) is 19.9 Å². The van der Waals surface area contributed by atoms with Gasteiger partial charge in [-0.3, -0.25) is 0 Å². The molecule has 0 aromatic carbocycles. The largest absolute Gasteiger partial charge is 0.383 e. The number of nitrogens with zero attached hydrogens (tertiary/aromatic N) is 4. The minimum Gasteiger partial charge on any atom is -0.383 e. The highest BCUT2D eigenvalue weighted by Gasteiger charge is 2.07. The minimum absolute atomic E-state index is 0.584. The number of aromatic nitrogens is 4. The quantitative estimate of drug-likeness (QED) is 0.805. The van der Waals surface area contributed by atoms with Crippen molar-refractivity contribution in [1.82, 2.24) is 19.1 Å². The van der Waals surface area contributed by atoms with E-state index in [0.29, 0.717) is 12.4 Å². The van der Waals surface area contributed by atoms with Crippen LogP contribution in [0.4, 0.5) is 10.8 Å². The molecule has 3 N–H and O–H groups in total. The summed E-state index contributed by atoms with van der Waals surface area (Å²) in [7, 11) is 1.91. The molecule has 0 unspecified atom stereocenters. The first-order chi connectivity index (χ1) is 7.18. The number of hydrogen-bond donors (Lipinski definition) is 2. The zero-order chi connectivity index (χ0) is 10.8. The molecule has 2 aromatic rings. The summed E-state index contributed by atoms with van der Waals surface area (Å²) in [6.45, 7) is 2.57. The maximum absolute atomic E-state index is 5.65. The summed E-state index contributed by atoms with van der Waals surface area (Å²) in [5, 5.41) is 12.0. The summed E-state index contributed by atoms with van der Waals surface area (Å²) in [6.07, 6.45) is 1.67. The van der Waals surface area contributed by atoms with Crippen LogP contribution < -0.4 is 11.1 Å². The van der Waals surface area contributed by atoms with Crippen LogP contribution in [-0.2, 0) is 13.6 Å². The predicted molar refractivity (Wildman–Crippen MR) is 59.6 cm³/mol. The fourth-order valence-electron chi connectivity index (χ4n) is 1.14. The first-order valence-corrected chi connectivity index (χ1v) is 5.24. The maximum Gasteiger partial charge on any atom is 0.151 e. The molecule has 0 amide bonds. The number of hydrogen-bond acceptors (Lipinski definition) is 6. The lowest BCUT2D eigenvalue weighted by atomic mass is 10.3. The molecular weight excluding hydrogens is 212 g/mol. The van der Waals surface area contributed by atoms with Gasteiger partial charge in [0.05, 0.1) is 6.54 Å². The van der Waals surface area contributed by atoms with Gasteiger partial charge in [-0.1, -0.05) is 0 Å². The maximum atomic E-state index is 5.65. The number of aryl methyl sites for hydroxylation is 1. The first kappa shape index (κ1) is 9.91. The van der Waals surface area contributed by atoms with E-state index in [1.54, 1.807) is 6.33 Å². The van der Waals surface area contributed by atoms with Crippen molar-refractivity contribution in [2.45, 2.75) is 13.5 Å². The zero-order valence-electron chi connectivity index (χ0n) is 8.56. The fourth-order valence-corrected chi connectivity index (χ4v) is 1.84. The topological polar surface area (TPSA) is 81.7 Å². The van der Waals surface area contributed by atoms with E-state index in [4.69, 9.17) is 5.73 Å². The third-order valence-corrected chi connectivity index (χ3v) is 3.09. The Morgan fingerprint density at radius 3 is 2.93 bits per heavy atom. The predicted octanol–water partition coefficient (Wildman–Crippen LogP) is 0.774. The molecule has 0 aliphatic heterocycles. The van der Waals surface area contributed by atoms with E-state index in [9.17, 15) is 0 Å². The lowest BCUT2D eigenvalue weighted by molar-refractivity contribution is 0.813. The molecule has 0 atom stereocenters. The number of nitrogens with two attached hydrogens (primary N) is 1. The summed E-state index contributed by atoms with van der Waals surface area (Å²) in [5.41, 5.74) is 6.63. The van der Waals surface area contributed by atoms with Crippen LogP contribution in [0, 0.1) is 6.92 Å². The molecule has 2 heterocycles. The molecule has 6 nitrogen and oxygen atoms in total. The molecule has 2 rings (SSSR count). The van der Waals surface area contributed by atoms with Crippen LogP contribution in [0.3, 0.4) is 0 Å². The Balaban J connectivity index is 2.05. The van der Waals surface area contributed by atoms with E-state index in [0.717, 1.165) is 16.4 Å². The minimum atomic E-state index is 0.584. The van der Waals surface area contributed by atoms with Crippen molar-refractivity contribution in [2.75, 3.05) is 11.1 Å². The second kappa shape index (κ2) is 3.85. The van der Waals surface area contributed by atoms with E-state index in [-0.39, 0.29) is 0 Å². The standard InChI is InChI=1S/C8H12N6S/c1-5-7(9)13-15-8(5)10-3-6-12-11-4-14(6)2/h4,10H,3H2,1-2H3,(H2,9,13). The third kappa shape index (κ3) is 1.91. The van der Waals surface area contributed by atoms with Crippen LogP contribution >= 0.6 is 11.5 Å². The molecule has 0 bridgehead atoms. The second-order valence-electron chi connectivity index (χ2n) is 3.23. The van der Waals surface area contributed by atoms with E-state index in [1.807, 2.05) is 18.5 Å². The lowest BCUT2D eigenvalue weighted by Crippen LogP contribution is -2.05. The zero-order valence-corrected chi connectivity index (χ0v) is 9.38. The van der Waals surface area contributed by atoms with Crippen molar-refractivity contribution in [3.63, 3.8) is 0 Å². The highest BCUT2D eigenvalue weighted by Crippen LogP contribution is 2.25. The molecule has 2 aromatic heterocycles. The molecule has 15 heavy (non-hydrogen) atoms. The Hall–Kier alpha value is -1.63. The molecular formula is C8H12N6S. The normalized spacial score (nSPS) is 10.5. The average molecular weight is 224 g/mol. The number of nitrogen functional groups attached to an aromatic ring is 1. The summed E-state index contributed by atoms with van der Waals surface area (Å²) in [6, 6.07) is 0. The third-order valence-electron chi connectivity index (χ3n) is 2.17. The van der Waals surface area contributed by atoms with Gasteiger partial charge < -0.3 is 15.6 Å². The molecule has 0 aliphatic rings. The van der Waals surface area contributed by atoms with Gasteiger partial charge in [-0.25, -0.2) is 0 Å². The van der Waals surface area contributed by atoms with Gasteiger partial charge in [0.1, 0.15) is 17.1 Å². The van der Waals surface area contributed by atoms with Crippen LogP contribution in [0.2, 0.25) is 0 Å². The Morgan fingerprint density at radius 1 is 1.60 bits per heavy atom. The molecule has 0 fully saturated rings. The van der Waals surface area contributed by atoms with Gasteiger partial charge in [0, 0.05) is 12.6 Å². The number of rotatable bonds is 3. The van der Waals surface area contributed by atoms with Crippen molar-refractivity contribution in [3.05, 3.63) is 17.7 Å². The first-order valence-electron chi connectivity index (χ1n) is 4.47. The molecule has 0 saturated carbocycles.